The Morgan fingerprint density at radius 2 is 1.65 bits per heavy atom. The quantitative estimate of drug-likeness (QED) is 0.331. The highest BCUT2D eigenvalue weighted by atomic mass is 35.5. The number of nitrogens with one attached hydrogen (secondary N) is 1. The standard InChI is InChI=1S/C25H25Cl2NO6/c1-10(2)34-24(33)17-12(4)20(26)19(23(31)32)18(21(17)27)22(30)14-7-13-11(3)9-25(5,6)28-15(13)8-16(14)29/h7-10,28-29H,1-6H3,(H,31,32). The van der Waals surface area contributed by atoms with E-state index in [9.17, 15) is 24.6 Å². The van der Waals surface area contributed by atoms with Gasteiger partial charge in [0.25, 0.3) is 0 Å². The lowest BCUT2D eigenvalue weighted by molar-refractivity contribution is 0.0376. The molecule has 0 fully saturated rings. The number of fused-ring (bicyclic) bond motifs is 1. The number of anilines is 1. The molecule has 0 saturated heterocycles. The Labute approximate surface area is 207 Å². The number of allylic oxidation sites excluding steroid dienone is 1. The van der Waals surface area contributed by atoms with Crippen molar-refractivity contribution in [2.45, 2.75) is 53.2 Å². The highest BCUT2D eigenvalue weighted by Crippen LogP contribution is 2.41. The first-order chi connectivity index (χ1) is 15.7. The van der Waals surface area contributed by atoms with Gasteiger partial charge in [0.1, 0.15) is 5.75 Å². The Balaban J connectivity index is 2.29. The summed E-state index contributed by atoms with van der Waals surface area (Å²) in [6, 6.07) is 2.86. The van der Waals surface area contributed by atoms with Gasteiger partial charge in [-0.2, -0.15) is 0 Å². The number of phenolic OH excluding ortho intramolecular Hbond substituents is 1. The molecule has 0 saturated carbocycles. The average Bonchev–Trinajstić information content (AvgIpc) is 2.67. The Bertz CT molecular complexity index is 1280. The number of halogens is 2. The van der Waals surface area contributed by atoms with Gasteiger partial charge in [0.05, 0.1) is 43.9 Å². The van der Waals surface area contributed by atoms with Crippen LogP contribution in [0, 0.1) is 6.92 Å². The minimum Gasteiger partial charge on any atom is -0.507 e. The van der Waals surface area contributed by atoms with Gasteiger partial charge in [0.15, 0.2) is 5.78 Å². The second-order valence-electron chi connectivity index (χ2n) is 9.06. The molecule has 0 bridgehead atoms. The van der Waals surface area contributed by atoms with E-state index in [4.69, 9.17) is 27.9 Å². The first-order valence-electron chi connectivity index (χ1n) is 10.5. The van der Waals surface area contributed by atoms with E-state index >= 15 is 0 Å². The molecule has 2 aromatic rings. The highest BCUT2D eigenvalue weighted by molar-refractivity contribution is 6.42. The van der Waals surface area contributed by atoms with Crippen LogP contribution in [0.1, 0.15) is 82.4 Å². The Morgan fingerprint density at radius 1 is 1.03 bits per heavy atom. The minimum atomic E-state index is -1.50. The summed E-state index contributed by atoms with van der Waals surface area (Å²) in [6.45, 7) is 10.5. The maximum absolute atomic E-state index is 13.6. The number of carboxylic acids is 1. The molecule has 3 rings (SSSR count). The Kier molecular flexibility index (Phi) is 6.75. The van der Waals surface area contributed by atoms with E-state index < -0.39 is 40.0 Å². The van der Waals surface area contributed by atoms with Crippen molar-refractivity contribution in [2.75, 3.05) is 5.32 Å². The van der Waals surface area contributed by atoms with Gasteiger partial charge in [-0.1, -0.05) is 29.3 Å². The summed E-state index contributed by atoms with van der Waals surface area (Å²) in [5, 5.41) is 23.1. The Hall–Kier alpha value is -3.03. The van der Waals surface area contributed by atoms with E-state index in [1.54, 1.807) is 13.8 Å². The van der Waals surface area contributed by atoms with Crippen molar-refractivity contribution in [1.29, 1.82) is 0 Å². The fraction of sp³-hybridized carbons (Fsp3) is 0.320. The number of ether oxygens (including phenoxy) is 1. The SMILES string of the molecule is CC1=CC(C)(C)Nc2cc(O)c(C(=O)c3c(Cl)c(C(=O)OC(C)C)c(C)c(Cl)c3C(=O)O)cc21. The minimum absolute atomic E-state index is 0.0751. The summed E-state index contributed by atoms with van der Waals surface area (Å²) in [5.74, 6) is -3.61. The van der Waals surface area contributed by atoms with E-state index in [1.165, 1.54) is 19.1 Å². The summed E-state index contributed by atoms with van der Waals surface area (Å²) in [7, 11) is 0. The highest BCUT2D eigenvalue weighted by Gasteiger charge is 2.34. The number of carbonyl (C=O) groups excluding carboxylic acids is 2. The number of phenols is 1. The summed E-state index contributed by atoms with van der Waals surface area (Å²) < 4.78 is 5.22. The van der Waals surface area contributed by atoms with Gasteiger partial charge in [-0.05, 0) is 58.7 Å². The van der Waals surface area contributed by atoms with Gasteiger partial charge in [-0.3, -0.25) is 4.79 Å². The molecular weight excluding hydrogens is 481 g/mol. The lowest BCUT2D eigenvalue weighted by atomic mass is 9.87. The fourth-order valence-electron chi connectivity index (χ4n) is 4.07. The number of benzene rings is 2. The number of esters is 1. The monoisotopic (exact) mass is 505 g/mol. The molecule has 1 aliphatic heterocycles. The molecule has 180 valence electrons. The summed E-state index contributed by atoms with van der Waals surface area (Å²) in [6.07, 6.45) is 1.48. The van der Waals surface area contributed by atoms with Crippen molar-refractivity contribution >= 4 is 52.2 Å². The molecule has 0 radical (unpaired) electrons. The van der Waals surface area contributed by atoms with Crippen LogP contribution in [-0.4, -0.2) is 39.6 Å². The van der Waals surface area contributed by atoms with Crippen LogP contribution in [0.5, 0.6) is 5.75 Å². The first-order valence-corrected chi connectivity index (χ1v) is 11.3. The molecular formula is C25H25Cl2NO6. The van der Waals surface area contributed by atoms with Crippen molar-refractivity contribution in [3.8, 4) is 5.75 Å². The third-order valence-corrected chi connectivity index (χ3v) is 6.29. The molecule has 1 heterocycles. The average molecular weight is 506 g/mol. The molecule has 3 N–H and O–H groups in total. The summed E-state index contributed by atoms with van der Waals surface area (Å²) in [4.78, 5) is 38.4. The summed E-state index contributed by atoms with van der Waals surface area (Å²) >= 11 is 12.8. The lowest BCUT2D eigenvalue weighted by Crippen LogP contribution is -2.31. The smallest absolute Gasteiger partial charge is 0.340 e. The van der Waals surface area contributed by atoms with E-state index in [0.717, 1.165) is 5.57 Å². The van der Waals surface area contributed by atoms with E-state index in [0.29, 0.717) is 11.3 Å². The van der Waals surface area contributed by atoms with Crippen LogP contribution < -0.4 is 5.32 Å². The molecule has 9 heteroatoms. The fourth-order valence-corrected chi connectivity index (χ4v) is 4.74. The third-order valence-electron chi connectivity index (χ3n) is 5.44. The van der Waals surface area contributed by atoms with E-state index in [-0.39, 0.29) is 33.0 Å². The number of carboxylic acid groups (broad SMARTS) is 1. The second-order valence-corrected chi connectivity index (χ2v) is 9.81. The van der Waals surface area contributed by atoms with Crippen molar-refractivity contribution in [1.82, 2.24) is 0 Å². The molecule has 0 aliphatic carbocycles. The lowest BCUT2D eigenvalue weighted by Gasteiger charge is -2.31. The molecule has 0 unspecified atom stereocenters. The molecule has 7 nitrogen and oxygen atoms in total. The maximum Gasteiger partial charge on any atom is 0.340 e. The molecule has 0 spiro atoms. The second kappa shape index (κ2) is 8.96. The molecule has 2 aromatic carbocycles. The van der Waals surface area contributed by atoms with E-state index in [1.807, 2.05) is 26.8 Å². The molecule has 0 amide bonds. The Morgan fingerprint density at radius 3 is 2.21 bits per heavy atom. The van der Waals surface area contributed by atoms with Gasteiger partial charge >= 0.3 is 11.9 Å². The van der Waals surface area contributed by atoms with Crippen LogP contribution in [0.4, 0.5) is 5.69 Å². The largest absolute Gasteiger partial charge is 0.507 e. The number of aromatic carboxylic acids is 1. The number of rotatable bonds is 5. The number of ketones is 1. The number of aromatic hydroxyl groups is 1. The molecule has 34 heavy (non-hydrogen) atoms. The predicted molar refractivity (Wildman–Crippen MR) is 132 cm³/mol. The normalized spacial score (nSPS) is 14.2. The molecule has 0 aromatic heterocycles. The van der Waals surface area contributed by atoms with Gasteiger partial charge in [0.2, 0.25) is 0 Å². The van der Waals surface area contributed by atoms with E-state index in [2.05, 4.69) is 5.32 Å². The zero-order valence-electron chi connectivity index (χ0n) is 19.6. The third kappa shape index (κ3) is 4.50. The number of carbonyl (C=O) groups is 3. The first kappa shape index (κ1) is 25.6. The van der Waals surface area contributed by atoms with Crippen LogP contribution in [0.25, 0.3) is 5.57 Å². The van der Waals surface area contributed by atoms with Crippen LogP contribution in [-0.2, 0) is 4.74 Å². The number of hydrogen-bond acceptors (Lipinski definition) is 6. The summed E-state index contributed by atoms with van der Waals surface area (Å²) in [5.41, 5.74) is 0.404. The predicted octanol–water partition coefficient (Wildman–Crippen LogP) is 6.11. The van der Waals surface area contributed by atoms with Crippen LogP contribution in [0.3, 0.4) is 0 Å². The maximum atomic E-state index is 13.6. The van der Waals surface area contributed by atoms with Gasteiger partial charge < -0.3 is 20.3 Å². The number of hydrogen-bond donors (Lipinski definition) is 3. The van der Waals surface area contributed by atoms with Gasteiger partial charge in [-0.25, -0.2) is 9.59 Å². The zero-order valence-corrected chi connectivity index (χ0v) is 21.1. The van der Waals surface area contributed by atoms with Crippen molar-refractivity contribution in [3.05, 3.63) is 61.6 Å². The van der Waals surface area contributed by atoms with Crippen LogP contribution in [0.2, 0.25) is 10.0 Å². The molecule has 0 atom stereocenters. The molecule has 1 aliphatic rings. The van der Waals surface area contributed by atoms with Crippen LogP contribution in [0.15, 0.2) is 18.2 Å². The van der Waals surface area contributed by atoms with Gasteiger partial charge in [-0.15, -0.1) is 0 Å². The topological polar surface area (TPSA) is 113 Å². The van der Waals surface area contributed by atoms with Crippen molar-refractivity contribution in [3.63, 3.8) is 0 Å². The van der Waals surface area contributed by atoms with Crippen molar-refractivity contribution in [2.24, 2.45) is 0 Å². The zero-order chi connectivity index (χ0) is 25.7. The van der Waals surface area contributed by atoms with Gasteiger partial charge in [0, 0.05) is 17.3 Å². The van der Waals surface area contributed by atoms with Crippen LogP contribution >= 0.6 is 23.2 Å². The van der Waals surface area contributed by atoms with Crippen molar-refractivity contribution < 1.29 is 29.3 Å².